The third-order valence-electron chi connectivity index (χ3n) is 4.48. The van der Waals surface area contributed by atoms with Gasteiger partial charge in [0.05, 0.1) is 6.61 Å². The Bertz CT molecular complexity index is 370. The van der Waals surface area contributed by atoms with Crippen LogP contribution in [0.3, 0.4) is 0 Å². The van der Waals surface area contributed by atoms with Crippen LogP contribution in [0.25, 0.3) is 0 Å². The van der Waals surface area contributed by atoms with Crippen LogP contribution in [0.1, 0.15) is 24.8 Å². The van der Waals surface area contributed by atoms with Gasteiger partial charge in [0, 0.05) is 18.6 Å². The van der Waals surface area contributed by atoms with E-state index in [1.54, 1.807) is 0 Å². The van der Waals surface area contributed by atoms with E-state index in [4.69, 9.17) is 4.74 Å². The molecule has 0 aromatic heterocycles. The van der Waals surface area contributed by atoms with E-state index in [9.17, 15) is 0 Å². The molecule has 2 aliphatic heterocycles. The highest BCUT2D eigenvalue weighted by Crippen LogP contribution is 2.38. The molecule has 1 atom stereocenters. The lowest BCUT2D eigenvalue weighted by Gasteiger charge is -2.21. The second-order valence-corrected chi connectivity index (χ2v) is 5.92. The number of ether oxygens (including phenoxy) is 1. The van der Waals surface area contributed by atoms with Crippen LogP contribution in [0, 0.1) is 5.41 Å². The molecule has 98 valence electrons. The van der Waals surface area contributed by atoms with Gasteiger partial charge in [-0.1, -0.05) is 30.3 Å². The third-order valence-corrected chi connectivity index (χ3v) is 4.48. The van der Waals surface area contributed by atoms with E-state index in [1.165, 1.54) is 50.9 Å². The predicted octanol–water partition coefficient (Wildman–Crippen LogP) is 2.73. The summed E-state index contributed by atoms with van der Waals surface area (Å²) >= 11 is 0. The summed E-state index contributed by atoms with van der Waals surface area (Å²) in [5.74, 6) is 0. The van der Waals surface area contributed by atoms with Crippen molar-refractivity contribution in [3.05, 3.63) is 35.9 Å². The summed E-state index contributed by atoms with van der Waals surface area (Å²) in [7, 11) is 0. The zero-order chi connectivity index (χ0) is 12.3. The second kappa shape index (κ2) is 5.41. The van der Waals surface area contributed by atoms with Crippen LogP contribution in [0.4, 0.5) is 0 Å². The number of rotatable bonds is 4. The van der Waals surface area contributed by atoms with Crippen molar-refractivity contribution < 1.29 is 4.74 Å². The standard InChI is InChI=1S/C16H23NO/c1-2-5-15(6-3-1)7-4-10-17-11-8-16(13-17)9-12-18-14-16/h1-3,5-6H,4,7-14H2. The van der Waals surface area contributed by atoms with Gasteiger partial charge in [0.1, 0.15) is 0 Å². The molecule has 0 N–H and O–H groups in total. The lowest BCUT2D eigenvalue weighted by molar-refractivity contribution is 0.152. The smallest absolute Gasteiger partial charge is 0.0536 e. The Labute approximate surface area is 110 Å². The molecule has 2 heteroatoms. The van der Waals surface area contributed by atoms with Gasteiger partial charge in [0.25, 0.3) is 0 Å². The van der Waals surface area contributed by atoms with Gasteiger partial charge in [-0.05, 0) is 44.3 Å². The van der Waals surface area contributed by atoms with Crippen LogP contribution in [-0.2, 0) is 11.2 Å². The van der Waals surface area contributed by atoms with Crippen molar-refractivity contribution in [3.63, 3.8) is 0 Å². The van der Waals surface area contributed by atoms with Crippen LogP contribution >= 0.6 is 0 Å². The van der Waals surface area contributed by atoms with E-state index >= 15 is 0 Å². The van der Waals surface area contributed by atoms with E-state index in [0.29, 0.717) is 5.41 Å². The molecule has 0 saturated carbocycles. The van der Waals surface area contributed by atoms with Gasteiger partial charge in [0.2, 0.25) is 0 Å². The highest BCUT2D eigenvalue weighted by Gasteiger charge is 2.40. The van der Waals surface area contributed by atoms with E-state index in [2.05, 4.69) is 35.2 Å². The first-order chi connectivity index (χ1) is 8.86. The lowest BCUT2D eigenvalue weighted by atomic mass is 9.87. The summed E-state index contributed by atoms with van der Waals surface area (Å²) in [6, 6.07) is 10.8. The Morgan fingerprint density at radius 2 is 2.06 bits per heavy atom. The summed E-state index contributed by atoms with van der Waals surface area (Å²) in [4.78, 5) is 2.64. The van der Waals surface area contributed by atoms with Crippen molar-refractivity contribution >= 4 is 0 Å². The molecule has 0 aliphatic carbocycles. The number of nitrogens with zero attached hydrogens (tertiary/aromatic N) is 1. The predicted molar refractivity (Wildman–Crippen MR) is 73.7 cm³/mol. The molecule has 2 aliphatic rings. The molecule has 0 amide bonds. The molecule has 1 unspecified atom stereocenters. The summed E-state index contributed by atoms with van der Waals surface area (Å²) < 4.78 is 5.58. The van der Waals surface area contributed by atoms with Crippen LogP contribution in [0.2, 0.25) is 0 Å². The maximum absolute atomic E-state index is 5.58. The average Bonchev–Trinajstić information content (AvgIpc) is 3.02. The first-order valence-electron chi connectivity index (χ1n) is 7.20. The fourth-order valence-electron chi connectivity index (χ4n) is 3.34. The molecule has 0 radical (unpaired) electrons. The van der Waals surface area contributed by atoms with Crippen molar-refractivity contribution in [1.82, 2.24) is 4.90 Å². The Balaban J connectivity index is 1.42. The zero-order valence-corrected chi connectivity index (χ0v) is 11.1. The van der Waals surface area contributed by atoms with E-state index in [0.717, 1.165) is 13.2 Å². The Kier molecular flexibility index (Phi) is 3.67. The monoisotopic (exact) mass is 245 g/mol. The second-order valence-electron chi connectivity index (χ2n) is 5.92. The number of hydrogen-bond acceptors (Lipinski definition) is 2. The molecule has 1 aromatic rings. The maximum atomic E-state index is 5.58. The molecule has 2 fully saturated rings. The fraction of sp³-hybridized carbons (Fsp3) is 0.625. The van der Waals surface area contributed by atoms with Crippen molar-refractivity contribution in [2.24, 2.45) is 5.41 Å². The molecule has 2 nitrogen and oxygen atoms in total. The lowest BCUT2D eigenvalue weighted by Crippen LogP contribution is -2.28. The minimum Gasteiger partial charge on any atom is -0.381 e. The van der Waals surface area contributed by atoms with Gasteiger partial charge >= 0.3 is 0 Å². The Hall–Kier alpha value is -0.860. The van der Waals surface area contributed by atoms with Gasteiger partial charge in [0.15, 0.2) is 0 Å². The average molecular weight is 245 g/mol. The highest BCUT2D eigenvalue weighted by atomic mass is 16.5. The van der Waals surface area contributed by atoms with Gasteiger partial charge in [-0.15, -0.1) is 0 Å². The Morgan fingerprint density at radius 3 is 2.83 bits per heavy atom. The van der Waals surface area contributed by atoms with Crippen LogP contribution in [-0.4, -0.2) is 37.7 Å². The van der Waals surface area contributed by atoms with Crippen molar-refractivity contribution in [1.29, 1.82) is 0 Å². The fourth-order valence-corrected chi connectivity index (χ4v) is 3.34. The van der Waals surface area contributed by atoms with E-state index in [-0.39, 0.29) is 0 Å². The molecule has 2 saturated heterocycles. The number of aryl methyl sites for hydroxylation is 1. The molecule has 0 bridgehead atoms. The topological polar surface area (TPSA) is 12.5 Å². The first-order valence-corrected chi connectivity index (χ1v) is 7.20. The Morgan fingerprint density at radius 1 is 1.17 bits per heavy atom. The van der Waals surface area contributed by atoms with Gasteiger partial charge in [-0.2, -0.15) is 0 Å². The third kappa shape index (κ3) is 2.76. The van der Waals surface area contributed by atoms with Gasteiger partial charge in [-0.3, -0.25) is 0 Å². The zero-order valence-electron chi connectivity index (χ0n) is 11.1. The SMILES string of the molecule is c1ccc(CCCN2CCC3(CCOC3)C2)cc1. The molecular weight excluding hydrogens is 222 g/mol. The summed E-state index contributed by atoms with van der Waals surface area (Å²) in [5, 5.41) is 0. The molecular formula is C16H23NO. The van der Waals surface area contributed by atoms with Gasteiger partial charge in [-0.25, -0.2) is 0 Å². The largest absolute Gasteiger partial charge is 0.381 e. The van der Waals surface area contributed by atoms with Crippen molar-refractivity contribution in [2.75, 3.05) is 32.8 Å². The van der Waals surface area contributed by atoms with Crippen LogP contribution in [0.5, 0.6) is 0 Å². The number of likely N-dealkylation sites (tertiary alicyclic amines) is 1. The first kappa shape index (κ1) is 12.2. The maximum Gasteiger partial charge on any atom is 0.0536 e. The van der Waals surface area contributed by atoms with Crippen LogP contribution in [0.15, 0.2) is 30.3 Å². The van der Waals surface area contributed by atoms with Gasteiger partial charge < -0.3 is 9.64 Å². The molecule has 1 aromatic carbocycles. The summed E-state index contributed by atoms with van der Waals surface area (Å²) in [5.41, 5.74) is 1.99. The molecule has 2 heterocycles. The summed E-state index contributed by atoms with van der Waals surface area (Å²) in [6.07, 6.45) is 5.11. The summed E-state index contributed by atoms with van der Waals surface area (Å²) in [6.45, 7) is 5.77. The normalized spacial score (nSPS) is 28.2. The van der Waals surface area contributed by atoms with Crippen LogP contribution < -0.4 is 0 Å². The van der Waals surface area contributed by atoms with E-state index < -0.39 is 0 Å². The molecule has 18 heavy (non-hydrogen) atoms. The highest BCUT2D eigenvalue weighted by molar-refractivity contribution is 5.14. The van der Waals surface area contributed by atoms with E-state index in [1.807, 2.05) is 0 Å². The number of hydrogen-bond donors (Lipinski definition) is 0. The number of benzene rings is 1. The molecule has 3 rings (SSSR count). The minimum atomic E-state index is 0.521. The minimum absolute atomic E-state index is 0.521. The molecule has 1 spiro atoms. The van der Waals surface area contributed by atoms with Crippen molar-refractivity contribution in [2.45, 2.75) is 25.7 Å². The van der Waals surface area contributed by atoms with Crippen molar-refractivity contribution in [3.8, 4) is 0 Å². The quantitative estimate of drug-likeness (QED) is 0.808.